The predicted molar refractivity (Wildman–Crippen MR) is 242 cm³/mol. The van der Waals surface area contributed by atoms with Crippen LogP contribution in [0.25, 0.3) is 0 Å². The lowest BCUT2D eigenvalue weighted by atomic mass is 10.1. The van der Waals surface area contributed by atoms with E-state index < -0.39 is 6.10 Å². The lowest BCUT2D eigenvalue weighted by molar-refractivity contribution is -0.163. The highest BCUT2D eigenvalue weighted by molar-refractivity contribution is 5.70. The van der Waals surface area contributed by atoms with Gasteiger partial charge in [-0.3, -0.25) is 9.59 Å². The highest BCUT2D eigenvalue weighted by Crippen LogP contribution is 2.13. The molecule has 5 nitrogen and oxygen atoms in total. The number of carbonyl (C=O) groups excluding carboxylic acids is 2. The molecular weight excluding hydrogens is 693 g/mol. The maximum atomic E-state index is 12.7. The van der Waals surface area contributed by atoms with Gasteiger partial charge >= 0.3 is 11.9 Å². The van der Waals surface area contributed by atoms with Gasteiger partial charge in [0.25, 0.3) is 0 Å². The molecule has 0 bridgehead atoms. The van der Waals surface area contributed by atoms with Gasteiger partial charge in [0.1, 0.15) is 6.61 Å². The molecule has 0 rings (SSSR count). The fraction of sp³-hybridized carbons (Fsp3) is 0.725. The molecule has 0 saturated carbocycles. The number of ether oxygens (including phenoxy) is 3. The Morgan fingerprint density at radius 3 is 1.38 bits per heavy atom. The van der Waals surface area contributed by atoms with Crippen molar-refractivity contribution in [3.8, 4) is 0 Å². The normalized spacial score (nSPS) is 12.8. The van der Waals surface area contributed by atoms with E-state index in [4.69, 9.17) is 14.2 Å². The molecular formula is C51H88O5. The Morgan fingerprint density at radius 1 is 0.411 bits per heavy atom. The molecule has 0 fully saturated rings. The fourth-order valence-corrected chi connectivity index (χ4v) is 6.24. The number of unbranched alkanes of at least 4 members (excludes halogenated alkanes) is 19. The lowest BCUT2D eigenvalue weighted by Crippen LogP contribution is -2.30. The second-order valence-corrected chi connectivity index (χ2v) is 15.3. The van der Waals surface area contributed by atoms with Gasteiger partial charge in [-0.05, 0) is 83.5 Å². The van der Waals surface area contributed by atoms with Gasteiger partial charge in [0.05, 0.1) is 6.61 Å². The summed E-state index contributed by atoms with van der Waals surface area (Å²) in [7, 11) is 0. The third kappa shape index (κ3) is 44.1. The SMILES string of the molecule is CC/C=C\C/C=C\C/C=C\C/C=C\C/C=C\CCCC(=O)OCC(COCCCCCCCCCCCC)OC(=O)CCCCCCC/C=C\CCCCCC. The molecule has 0 aliphatic carbocycles. The van der Waals surface area contributed by atoms with Crippen LogP contribution in [0.1, 0.15) is 213 Å². The Balaban J connectivity index is 4.35. The van der Waals surface area contributed by atoms with Crippen LogP contribution in [-0.2, 0) is 23.8 Å². The van der Waals surface area contributed by atoms with Gasteiger partial charge in [0.2, 0.25) is 0 Å². The van der Waals surface area contributed by atoms with Crippen molar-refractivity contribution in [2.24, 2.45) is 0 Å². The van der Waals surface area contributed by atoms with Crippen molar-refractivity contribution in [3.63, 3.8) is 0 Å². The van der Waals surface area contributed by atoms with Crippen molar-refractivity contribution in [3.05, 3.63) is 72.9 Å². The highest BCUT2D eigenvalue weighted by atomic mass is 16.6. The molecule has 0 spiro atoms. The molecule has 0 aliphatic rings. The molecule has 0 heterocycles. The smallest absolute Gasteiger partial charge is 0.306 e. The number of rotatable bonds is 42. The van der Waals surface area contributed by atoms with Crippen LogP contribution in [0, 0.1) is 0 Å². The summed E-state index contributed by atoms with van der Waals surface area (Å²) in [5.74, 6) is -0.475. The number of esters is 2. The molecule has 0 radical (unpaired) electrons. The van der Waals surface area contributed by atoms with Crippen LogP contribution < -0.4 is 0 Å². The lowest BCUT2D eigenvalue weighted by Gasteiger charge is -2.18. The average Bonchev–Trinajstić information content (AvgIpc) is 3.20. The van der Waals surface area contributed by atoms with Crippen molar-refractivity contribution < 1.29 is 23.8 Å². The minimum Gasteiger partial charge on any atom is -0.462 e. The Bertz CT molecular complexity index is 1020. The molecule has 0 aromatic rings. The first-order valence-corrected chi connectivity index (χ1v) is 23.5. The zero-order valence-electron chi connectivity index (χ0n) is 36.9. The van der Waals surface area contributed by atoms with Crippen LogP contribution in [0.15, 0.2) is 72.9 Å². The van der Waals surface area contributed by atoms with E-state index in [0.29, 0.717) is 19.4 Å². The monoisotopic (exact) mass is 781 g/mol. The van der Waals surface area contributed by atoms with Crippen molar-refractivity contribution in [1.82, 2.24) is 0 Å². The molecule has 5 heteroatoms. The Labute approximate surface area is 347 Å². The van der Waals surface area contributed by atoms with Gasteiger partial charge in [-0.1, -0.05) is 190 Å². The first-order valence-electron chi connectivity index (χ1n) is 23.5. The summed E-state index contributed by atoms with van der Waals surface area (Å²) < 4.78 is 17.3. The van der Waals surface area contributed by atoms with E-state index >= 15 is 0 Å². The van der Waals surface area contributed by atoms with Crippen LogP contribution in [0.2, 0.25) is 0 Å². The van der Waals surface area contributed by atoms with Gasteiger partial charge in [-0.25, -0.2) is 0 Å². The second kappa shape index (κ2) is 46.7. The molecule has 0 aliphatic heterocycles. The first-order chi connectivity index (χ1) is 27.6. The summed E-state index contributed by atoms with van der Waals surface area (Å²) in [6.45, 7) is 7.62. The highest BCUT2D eigenvalue weighted by Gasteiger charge is 2.17. The van der Waals surface area contributed by atoms with Crippen molar-refractivity contribution in [1.29, 1.82) is 0 Å². The van der Waals surface area contributed by atoms with E-state index in [1.54, 1.807) is 0 Å². The molecule has 0 saturated heterocycles. The number of carbonyl (C=O) groups is 2. The average molecular weight is 781 g/mol. The van der Waals surface area contributed by atoms with Gasteiger partial charge in [-0.2, -0.15) is 0 Å². The minimum atomic E-state index is -0.561. The second-order valence-electron chi connectivity index (χ2n) is 15.3. The molecule has 322 valence electrons. The van der Waals surface area contributed by atoms with Gasteiger partial charge < -0.3 is 14.2 Å². The zero-order valence-corrected chi connectivity index (χ0v) is 36.9. The van der Waals surface area contributed by atoms with Crippen LogP contribution >= 0.6 is 0 Å². The van der Waals surface area contributed by atoms with Gasteiger partial charge in [-0.15, -0.1) is 0 Å². The summed E-state index contributed by atoms with van der Waals surface area (Å²) in [6, 6.07) is 0. The molecule has 1 unspecified atom stereocenters. The largest absolute Gasteiger partial charge is 0.462 e. The van der Waals surface area contributed by atoms with Gasteiger partial charge in [0.15, 0.2) is 6.10 Å². The molecule has 1 atom stereocenters. The van der Waals surface area contributed by atoms with Crippen LogP contribution in [0.4, 0.5) is 0 Å². The maximum Gasteiger partial charge on any atom is 0.306 e. The number of hydrogen-bond acceptors (Lipinski definition) is 5. The van der Waals surface area contributed by atoms with E-state index in [-0.39, 0.29) is 25.2 Å². The van der Waals surface area contributed by atoms with Crippen LogP contribution in [-0.4, -0.2) is 37.9 Å². The molecule has 0 aromatic heterocycles. The van der Waals surface area contributed by atoms with Crippen molar-refractivity contribution >= 4 is 11.9 Å². The van der Waals surface area contributed by atoms with Gasteiger partial charge in [0, 0.05) is 19.4 Å². The molecule has 0 amide bonds. The van der Waals surface area contributed by atoms with Crippen LogP contribution in [0.5, 0.6) is 0 Å². The molecule has 0 aromatic carbocycles. The fourth-order valence-electron chi connectivity index (χ4n) is 6.24. The minimum absolute atomic E-state index is 0.0520. The molecule has 0 N–H and O–H groups in total. The van der Waals surface area contributed by atoms with E-state index in [1.165, 1.54) is 96.3 Å². The summed E-state index contributed by atoms with van der Waals surface area (Å²) in [5, 5.41) is 0. The van der Waals surface area contributed by atoms with E-state index in [9.17, 15) is 9.59 Å². The standard InChI is InChI=1S/C51H88O5/c1-4-7-10-13-16-19-22-24-25-26-27-29-30-32-35-38-41-44-50(52)55-48-49(47-54-46-43-40-37-34-21-18-15-12-9-6-3)56-51(53)45-42-39-36-33-31-28-23-20-17-14-11-8-5-2/h7,10,16,19-20,23-25,27,29,32,35,49H,4-6,8-9,11-15,17-18,21-22,26,28,30-31,33-34,36-48H2,1-3H3/b10-7-,19-16-,23-20-,25-24-,29-27-,35-32-. The first kappa shape index (κ1) is 53.3. The summed E-state index contributed by atoms with van der Waals surface area (Å²) in [4.78, 5) is 25.2. The third-order valence-electron chi connectivity index (χ3n) is 9.73. The quantitative estimate of drug-likeness (QED) is 0.0351. The third-order valence-corrected chi connectivity index (χ3v) is 9.73. The molecule has 56 heavy (non-hydrogen) atoms. The Hall–Kier alpha value is -2.66. The Morgan fingerprint density at radius 2 is 0.821 bits per heavy atom. The van der Waals surface area contributed by atoms with E-state index in [0.717, 1.165) is 83.5 Å². The van der Waals surface area contributed by atoms with E-state index in [1.807, 2.05) is 0 Å². The summed E-state index contributed by atoms with van der Waals surface area (Å²) in [6.07, 6.45) is 59.0. The zero-order chi connectivity index (χ0) is 40.7. The predicted octanol–water partition coefficient (Wildman–Crippen LogP) is 15.6. The summed E-state index contributed by atoms with van der Waals surface area (Å²) >= 11 is 0. The van der Waals surface area contributed by atoms with Crippen molar-refractivity contribution in [2.45, 2.75) is 219 Å². The number of hydrogen-bond donors (Lipinski definition) is 0. The maximum absolute atomic E-state index is 12.7. The topological polar surface area (TPSA) is 61.8 Å². The number of allylic oxidation sites excluding steroid dienone is 12. The van der Waals surface area contributed by atoms with Crippen LogP contribution in [0.3, 0.4) is 0 Å². The van der Waals surface area contributed by atoms with Crippen molar-refractivity contribution in [2.75, 3.05) is 19.8 Å². The van der Waals surface area contributed by atoms with E-state index in [2.05, 4.69) is 93.7 Å². The Kier molecular flexibility index (Phi) is 44.5. The summed E-state index contributed by atoms with van der Waals surface area (Å²) in [5.41, 5.74) is 0.